The molecular weight excluding hydrogens is 285 g/mol. The number of rotatable bonds is 5. The fraction of sp³-hybridized carbons (Fsp3) is 0.250. The van der Waals surface area contributed by atoms with Crippen LogP contribution in [0.25, 0.3) is 0 Å². The molecule has 90 valence electrons. The lowest BCUT2D eigenvalue weighted by Crippen LogP contribution is -2.19. The molecule has 5 heteroatoms. The van der Waals surface area contributed by atoms with Gasteiger partial charge in [-0.05, 0) is 17.7 Å². The van der Waals surface area contributed by atoms with Crippen LogP contribution < -0.4 is 5.32 Å². The maximum atomic E-state index is 12.9. The van der Waals surface area contributed by atoms with E-state index in [2.05, 4.69) is 26.2 Å². The summed E-state index contributed by atoms with van der Waals surface area (Å²) in [6, 6.07) is 4.73. The van der Waals surface area contributed by atoms with Crippen molar-refractivity contribution in [3.05, 3.63) is 52.8 Å². The zero-order valence-electron chi connectivity index (χ0n) is 9.24. The third-order valence-electron chi connectivity index (χ3n) is 2.44. The van der Waals surface area contributed by atoms with Gasteiger partial charge in [0.15, 0.2) is 0 Å². The SMILES string of the molecule is Fc1ccc(CNCCn2ccnc2)c(Br)c1. The van der Waals surface area contributed by atoms with Gasteiger partial charge in [0.25, 0.3) is 0 Å². The molecule has 0 atom stereocenters. The van der Waals surface area contributed by atoms with Crippen LogP contribution in [-0.2, 0) is 13.1 Å². The Balaban J connectivity index is 1.78. The minimum atomic E-state index is -0.223. The number of nitrogens with one attached hydrogen (secondary N) is 1. The number of halogens is 2. The maximum Gasteiger partial charge on any atom is 0.124 e. The number of nitrogens with zero attached hydrogens (tertiary/aromatic N) is 2. The van der Waals surface area contributed by atoms with Gasteiger partial charge in [0.2, 0.25) is 0 Å². The summed E-state index contributed by atoms with van der Waals surface area (Å²) in [5.41, 5.74) is 1.05. The molecular formula is C12H13BrFN3. The van der Waals surface area contributed by atoms with Crippen molar-refractivity contribution in [2.24, 2.45) is 0 Å². The zero-order valence-corrected chi connectivity index (χ0v) is 10.8. The van der Waals surface area contributed by atoms with Crippen LogP contribution in [-0.4, -0.2) is 16.1 Å². The van der Waals surface area contributed by atoms with Crippen molar-refractivity contribution < 1.29 is 4.39 Å². The fourth-order valence-electron chi connectivity index (χ4n) is 1.52. The van der Waals surface area contributed by atoms with Crippen LogP contribution in [0.3, 0.4) is 0 Å². The molecule has 0 fully saturated rings. The molecule has 17 heavy (non-hydrogen) atoms. The molecule has 2 rings (SSSR count). The Morgan fingerprint density at radius 1 is 1.41 bits per heavy atom. The van der Waals surface area contributed by atoms with Crippen LogP contribution >= 0.6 is 15.9 Å². The third-order valence-corrected chi connectivity index (χ3v) is 3.17. The molecule has 1 N–H and O–H groups in total. The molecule has 0 unspecified atom stereocenters. The van der Waals surface area contributed by atoms with Crippen LogP contribution in [0.15, 0.2) is 41.4 Å². The van der Waals surface area contributed by atoms with Gasteiger partial charge in [-0.15, -0.1) is 0 Å². The first kappa shape index (κ1) is 12.3. The van der Waals surface area contributed by atoms with E-state index in [1.807, 2.05) is 10.8 Å². The Morgan fingerprint density at radius 3 is 3.00 bits per heavy atom. The molecule has 0 aliphatic carbocycles. The summed E-state index contributed by atoms with van der Waals surface area (Å²) in [4.78, 5) is 3.97. The molecule has 3 nitrogen and oxygen atoms in total. The first-order valence-corrected chi connectivity index (χ1v) is 6.15. The highest BCUT2D eigenvalue weighted by Gasteiger charge is 2.00. The van der Waals surface area contributed by atoms with Crippen LogP contribution in [0.2, 0.25) is 0 Å². The Kier molecular flexibility index (Phi) is 4.28. The van der Waals surface area contributed by atoms with Crippen molar-refractivity contribution >= 4 is 15.9 Å². The molecule has 1 aromatic carbocycles. The zero-order chi connectivity index (χ0) is 12.1. The Hall–Kier alpha value is -1.20. The third kappa shape index (κ3) is 3.64. The van der Waals surface area contributed by atoms with E-state index in [1.165, 1.54) is 12.1 Å². The Labute approximate surface area is 108 Å². The summed E-state index contributed by atoms with van der Waals surface area (Å²) in [5.74, 6) is -0.223. The summed E-state index contributed by atoms with van der Waals surface area (Å²) >= 11 is 3.34. The summed E-state index contributed by atoms with van der Waals surface area (Å²) < 4.78 is 15.7. The molecule has 0 saturated carbocycles. The van der Waals surface area contributed by atoms with E-state index < -0.39 is 0 Å². The lowest BCUT2D eigenvalue weighted by molar-refractivity contribution is 0.594. The van der Waals surface area contributed by atoms with Gasteiger partial charge in [-0.25, -0.2) is 9.37 Å². The van der Waals surface area contributed by atoms with Crippen LogP contribution in [0.1, 0.15) is 5.56 Å². The molecule has 1 heterocycles. The second kappa shape index (κ2) is 5.93. The van der Waals surface area contributed by atoms with Crippen molar-refractivity contribution in [3.63, 3.8) is 0 Å². The average Bonchev–Trinajstić information content (AvgIpc) is 2.79. The first-order valence-electron chi connectivity index (χ1n) is 5.36. The maximum absolute atomic E-state index is 12.9. The lowest BCUT2D eigenvalue weighted by atomic mass is 10.2. The topological polar surface area (TPSA) is 29.9 Å². The minimum Gasteiger partial charge on any atom is -0.336 e. The van der Waals surface area contributed by atoms with Crippen molar-refractivity contribution in [2.45, 2.75) is 13.1 Å². The lowest BCUT2D eigenvalue weighted by Gasteiger charge is -2.07. The van der Waals surface area contributed by atoms with Gasteiger partial charge in [0, 0.05) is 36.5 Å². The largest absolute Gasteiger partial charge is 0.336 e. The predicted molar refractivity (Wildman–Crippen MR) is 68.0 cm³/mol. The van der Waals surface area contributed by atoms with E-state index in [-0.39, 0.29) is 5.82 Å². The van der Waals surface area contributed by atoms with Gasteiger partial charge in [0.05, 0.1) is 6.33 Å². The highest BCUT2D eigenvalue weighted by Crippen LogP contribution is 2.17. The van der Waals surface area contributed by atoms with E-state index in [4.69, 9.17) is 0 Å². The summed E-state index contributed by atoms with van der Waals surface area (Å²) in [5, 5.41) is 3.30. The smallest absolute Gasteiger partial charge is 0.124 e. The number of hydrogen-bond donors (Lipinski definition) is 1. The van der Waals surface area contributed by atoms with Crippen molar-refractivity contribution in [1.29, 1.82) is 0 Å². The van der Waals surface area contributed by atoms with Gasteiger partial charge in [-0.1, -0.05) is 22.0 Å². The van der Waals surface area contributed by atoms with E-state index in [9.17, 15) is 4.39 Å². The molecule has 0 radical (unpaired) electrons. The summed E-state index contributed by atoms with van der Waals surface area (Å²) in [6.07, 6.45) is 5.47. The van der Waals surface area contributed by atoms with E-state index >= 15 is 0 Å². The highest BCUT2D eigenvalue weighted by molar-refractivity contribution is 9.10. The quantitative estimate of drug-likeness (QED) is 0.860. The molecule has 0 bridgehead atoms. The molecule has 0 aliphatic heterocycles. The van der Waals surface area contributed by atoms with Gasteiger partial charge < -0.3 is 9.88 Å². The highest BCUT2D eigenvalue weighted by atomic mass is 79.9. The number of aromatic nitrogens is 2. The van der Waals surface area contributed by atoms with E-state index in [0.29, 0.717) is 0 Å². The van der Waals surface area contributed by atoms with E-state index in [0.717, 1.165) is 29.7 Å². The second-order valence-electron chi connectivity index (χ2n) is 3.71. The normalized spacial score (nSPS) is 10.7. The van der Waals surface area contributed by atoms with Crippen molar-refractivity contribution in [2.75, 3.05) is 6.54 Å². The minimum absolute atomic E-state index is 0.223. The van der Waals surface area contributed by atoms with Crippen molar-refractivity contribution in [1.82, 2.24) is 14.9 Å². The average molecular weight is 298 g/mol. The monoisotopic (exact) mass is 297 g/mol. The summed E-state index contributed by atoms with van der Waals surface area (Å²) in [7, 11) is 0. The van der Waals surface area contributed by atoms with Gasteiger partial charge in [-0.3, -0.25) is 0 Å². The molecule has 0 aliphatic rings. The van der Waals surface area contributed by atoms with Gasteiger partial charge in [-0.2, -0.15) is 0 Å². The van der Waals surface area contributed by atoms with Gasteiger partial charge >= 0.3 is 0 Å². The molecule has 1 aromatic heterocycles. The number of hydrogen-bond acceptors (Lipinski definition) is 2. The molecule has 0 saturated heterocycles. The molecule has 0 spiro atoms. The Bertz CT molecular complexity index is 471. The number of imidazole rings is 1. The van der Waals surface area contributed by atoms with E-state index in [1.54, 1.807) is 18.6 Å². The summed E-state index contributed by atoms with van der Waals surface area (Å²) in [6.45, 7) is 2.44. The molecule has 0 amide bonds. The second-order valence-corrected chi connectivity index (χ2v) is 4.57. The predicted octanol–water partition coefficient (Wildman–Crippen LogP) is 2.57. The van der Waals surface area contributed by atoms with Crippen molar-refractivity contribution in [3.8, 4) is 0 Å². The molecule has 2 aromatic rings. The van der Waals surface area contributed by atoms with Crippen LogP contribution in [0, 0.1) is 5.82 Å². The standard InChI is InChI=1S/C12H13BrFN3/c13-12-7-11(14)2-1-10(12)8-15-3-5-17-6-4-16-9-17/h1-2,4,6-7,9,15H,3,5,8H2. The fourth-order valence-corrected chi connectivity index (χ4v) is 2.01. The Morgan fingerprint density at radius 2 is 2.29 bits per heavy atom. The van der Waals surface area contributed by atoms with Crippen LogP contribution in [0.5, 0.6) is 0 Å². The van der Waals surface area contributed by atoms with Gasteiger partial charge in [0.1, 0.15) is 5.82 Å². The van der Waals surface area contributed by atoms with Crippen LogP contribution in [0.4, 0.5) is 4.39 Å². The first-order chi connectivity index (χ1) is 8.25. The number of benzene rings is 1.